The molecule has 2 aromatic rings. The lowest BCUT2D eigenvalue weighted by Crippen LogP contribution is -2.45. The molecule has 1 aliphatic rings. The van der Waals surface area contributed by atoms with Gasteiger partial charge in [0.25, 0.3) is 0 Å². The number of hydrogen-bond acceptors (Lipinski definition) is 5. The van der Waals surface area contributed by atoms with Crippen LogP contribution in [-0.4, -0.2) is 50.8 Å². The molecular formula is C21H25ClN2O5S. The number of sulfonamides is 1. The van der Waals surface area contributed by atoms with Crippen molar-refractivity contribution in [1.82, 2.24) is 4.90 Å². The number of carbonyl (C=O) groups excluding carboxylic acids is 1. The summed E-state index contributed by atoms with van der Waals surface area (Å²) in [6.07, 6.45) is -0.292. The number of carbonyl (C=O) groups is 1. The number of anilines is 1. The average Bonchev–Trinajstić information content (AvgIpc) is 2.69. The monoisotopic (exact) mass is 452 g/mol. The van der Waals surface area contributed by atoms with E-state index in [9.17, 15) is 13.2 Å². The van der Waals surface area contributed by atoms with Crippen molar-refractivity contribution >= 4 is 33.2 Å². The third-order valence-corrected chi connectivity index (χ3v) is 5.90. The van der Waals surface area contributed by atoms with Crippen LogP contribution < -0.4 is 9.46 Å². The van der Waals surface area contributed by atoms with Crippen molar-refractivity contribution in [3.63, 3.8) is 0 Å². The number of hydrogen-bond donors (Lipinski definition) is 1. The molecule has 1 aliphatic heterocycles. The van der Waals surface area contributed by atoms with E-state index in [4.69, 9.17) is 21.1 Å². The SMILES string of the molecule is CC(C)Oc1ccc(NS(=O)(=O)CC(=O)N2CCOC(c3ccc(Cl)cc3)C2)cc1. The zero-order chi connectivity index (χ0) is 21.7. The largest absolute Gasteiger partial charge is 0.491 e. The molecule has 3 rings (SSSR count). The highest BCUT2D eigenvalue weighted by molar-refractivity contribution is 7.93. The first-order chi connectivity index (χ1) is 14.2. The molecule has 0 saturated carbocycles. The first-order valence-electron chi connectivity index (χ1n) is 9.64. The summed E-state index contributed by atoms with van der Waals surface area (Å²) in [4.78, 5) is 14.1. The first-order valence-corrected chi connectivity index (χ1v) is 11.7. The molecule has 0 aliphatic carbocycles. The van der Waals surface area contributed by atoms with Crippen LogP contribution in [0.4, 0.5) is 5.69 Å². The molecule has 30 heavy (non-hydrogen) atoms. The number of halogens is 1. The normalized spacial score (nSPS) is 17.1. The molecule has 162 valence electrons. The van der Waals surface area contributed by atoms with E-state index in [1.54, 1.807) is 36.4 Å². The maximum absolute atomic E-state index is 12.6. The van der Waals surface area contributed by atoms with Crippen LogP contribution in [0.15, 0.2) is 48.5 Å². The zero-order valence-electron chi connectivity index (χ0n) is 16.9. The Morgan fingerprint density at radius 2 is 1.87 bits per heavy atom. The van der Waals surface area contributed by atoms with Gasteiger partial charge in [0.05, 0.1) is 19.3 Å². The molecule has 1 N–H and O–H groups in total. The Balaban J connectivity index is 1.59. The number of ether oxygens (including phenoxy) is 2. The van der Waals surface area contributed by atoms with E-state index in [2.05, 4.69) is 4.72 Å². The number of benzene rings is 2. The highest BCUT2D eigenvalue weighted by atomic mass is 35.5. The number of morpholine rings is 1. The molecule has 2 aromatic carbocycles. The molecule has 1 saturated heterocycles. The van der Waals surface area contributed by atoms with Gasteiger partial charge >= 0.3 is 0 Å². The molecule has 0 aromatic heterocycles. The van der Waals surface area contributed by atoms with E-state index < -0.39 is 21.7 Å². The summed E-state index contributed by atoms with van der Waals surface area (Å²) in [5.74, 6) is -0.458. The Morgan fingerprint density at radius 1 is 1.20 bits per heavy atom. The first kappa shape index (κ1) is 22.4. The highest BCUT2D eigenvalue weighted by Gasteiger charge is 2.28. The van der Waals surface area contributed by atoms with Crippen molar-refractivity contribution in [2.24, 2.45) is 0 Å². The van der Waals surface area contributed by atoms with Crippen molar-refractivity contribution in [1.29, 1.82) is 0 Å². The van der Waals surface area contributed by atoms with Crippen molar-refractivity contribution in [2.75, 3.05) is 30.2 Å². The Labute approximate surface area is 182 Å². The minimum absolute atomic E-state index is 0.0235. The third kappa shape index (κ3) is 6.35. The highest BCUT2D eigenvalue weighted by Crippen LogP contribution is 2.24. The van der Waals surface area contributed by atoms with Crippen molar-refractivity contribution in [3.05, 3.63) is 59.1 Å². The van der Waals surface area contributed by atoms with Gasteiger partial charge in [-0.25, -0.2) is 8.42 Å². The maximum Gasteiger partial charge on any atom is 0.241 e. The fourth-order valence-electron chi connectivity index (χ4n) is 3.10. The van der Waals surface area contributed by atoms with Gasteiger partial charge in [-0.15, -0.1) is 0 Å². The fourth-order valence-corrected chi connectivity index (χ4v) is 4.30. The molecule has 0 bridgehead atoms. The molecular weight excluding hydrogens is 428 g/mol. The van der Waals surface area contributed by atoms with Gasteiger partial charge in [-0.05, 0) is 55.8 Å². The Hall–Kier alpha value is -2.29. The lowest BCUT2D eigenvalue weighted by Gasteiger charge is -2.33. The number of nitrogens with zero attached hydrogens (tertiary/aromatic N) is 1. The average molecular weight is 453 g/mol. The maximum atomic E-state index is 12.6. The second-order valence-electron chi connectivity index (χ2n) is 7.30. The van der Waals surface area contributed by atoms with Gasteiger partial charge < -0.3 is 14.4 Å². The van der Waals surface area contributed by atoms with E-state index in [1.807, 2.05) is 26.0 Å². The fraction of sp³-hybridized carbons (Fsp3) is 0.381. The molecule has 1 atom stereocenters. The predicted molar refractivity (Wildman–Crippen MR) is 116 cm³/mol. The van der Waals surface area contributed by atoms with Crippen molar-refractivity contribution < 1.29 is 22.7 Å². The summed E-state index contributed by atoms with van der Waals surface area (Å²) in [6, 6.07) is 13.8. The standard InChI is InChI=1S/C21H25ClN2O5S/c1-15(2)29-19-9-7-18(8-10-19)23-30(26,27)14-21(25)24-11-12-28-20(13-24)16-3-5-17(22)6-4-16/h3-10,15,20,23H,11-14H2,1-2H3. The minimum atomic E-state index is -3.85. The van der Waals surface area contributed by atoms with Gasteiger partial charge in [0.15, 0.2) is 0 Å². The molecule has 1 unspecified atom stereocenters. The number of amides is 1. The van der Waals surface area contributed by atoms with Gasteiger partial charge in [-0.1, -0.05) is 23.7 Å². The zero-order valence-corrected chi connectivity index (χ0v) is 18.4. The van der Waals surface area contributed by atoms with E-state index in [0.29, 0.717) is 29.6 Å². The van der Waals surface area contributed by atoms with Crippen LogP contribution in [0.1, 0.15) is 25.5 Å². The van der Waals surface area contributed by atoms with E-state index in [1.165, 1.54) is 4.90 Å². The molecule has 7 nitrogen and oxygen atoms in total. The van der Waals surface area contributed by atoms with Gasteiger partial charge in [0.2, 0.25) is 15.9 Å². The topological polar surface area (TPSA) is 84.9 Å². The molecule has 0 radical (unpaired) electrons. The van der Waals surface area contributed by atoms with Crippen LogP contribution in [0.3, 0.4) is 0 Å². The summed E-state index contributed by atoms with van der Waals surface area (Å²) in [7, 11) is -3.85. The summed E-state index contributed by atoms with van der Waals surface area (Å²) in [5.41, 5.74) is 1.27. The summed E-state index contributed by atoms with van der Waals surface area (Å²) in [6.45, 7) is 4.79. The summed E-state index contributed by atoms with van der Waals surface area (Å²) < 4.78 is 38.7. The molecule has 0 spiro atoms. The lowest BCUT2D eigenvalue weighted by molar-refractivity contribution is -0.136. The van der Waals surface area contributed by atoms with Crippen molar-refractivity contribution in [3.8, 4) is 5.75 Å². The third-order valence-electron chi connectivity index (χ3n) is 4.47. The van der Waals surface area contributed by atoms with E-state index in [-0.39, 0.29) is 18.8 Å². The second-order valence-corrected chi connectivity index (χ2v) is 9.46. The Bertz CT molecular complexity index is 962. The summed E-state index contributed by atoms with van der Waals surface area (Å²) >= 11 is 5.91. The van der Waals surface area contributed by atoms with Crippen LogP contribution in [0.2, 0.25) is 5.02 Å². The van der Waals surface area contributed by atoms with Gasteiger partial charge in [-0.2, -0.15) is 0 Å². The van der Waals surface area contributed by atoms with Crippen LogP contribution in [0.25, 0.3) is 0 Å². The molecule has 1 heterocycles. The Kier molecular flexibility index (Phi) is 7.23. The Morgan fingerprint density at radius 3 is 2.50 bits per heavy atom. The summed E-state index contributed by atoms with van der Waals surface area (Å²) in [5, 5.41) is 0.614. The van der Waals surface area contributed by atoms with E-state index in [0.717, 1.165) is 5.56 Å². The number of rotatable bonds is 7. The van der Waals surface area contributed by atoms with Gasteiger partial charge in [0, 0.05) is 17.3 Å². The minimum Gasteiger partial charge on any atom is -0.491 e. The van der Waals surface area contributed by atoms with Crippen molar-refractivity contribution in [2.45, 2.75) is 26.1 Å². The molecule has 9 heteroatoms. The van der Waals surface area contributed by atoms with Gasteiger partial charge in [-0.3, -0.25) is 9.52 Å². The number of nitrogens with one attached hydrogen (secondary N) is 1. The van der Waals surface area contributed by atoms with Crippen LogP contribution in [0.5, 0.6) is 5.75 Å². The quantitative estimate of drug-likeness (QED) is 0.695. The van der Waals surface area contributed by atoms with E-state index >= 15 is 0 Å². The van der Waals surface area contributed by atoms with Crippen LogP contribution in [-0.2, 0) is 19.6 Å². The van der Waals surface area contributed by atoms with Gasteiger partial charge in [0.1, 0.15) is 17.6 Å². The predicted octanol–water partition coefficient (Wildman–Crippen LogP) is 3.47. The molecule has 1 amide bonds. The second kappa shape index (κ2) is 9.68. The smallest absolute Gasteiger partial charge is 0.241 e. The lowest BCUT2D eigenvalue weighted by atomic mass is 10.1. The van der Waals surface area contributed by atoms with Crippen LogP contribution in [0, 0.1) is 0 Å². The molecule has 1 fully saturated rings. The van der Waals surface area contributed by atoms with Crippen LogP contribution >= 0.6 is 11.6 Å².